The number of aliphatic carboxylic acids is 1. The summed E-state index contributed by atoms with van der Waals surface area (Å²) in [6, 6.07) is 0. The first-order valence-corrected chi connectivity index (χ1v) is 8.09. The first kappa shape index (κ1) is 17.2. The van der Waals surface area contributed by atoms with Gasteiger partial charge in [-0.1, -0.05) is 6.42 Å². The summed E-state index contributed by atoms with van der Waals surface area (Å²) in [6.45, 7) is 4.11. The molecule has 0 radical (unpaired) electrons. The zero-order valence-electron chi connectivity index (χ0n) is 13.6. The largest absolute Gasteiger partial charge is 0.481 e. The molecule has 6 heteroatoms. The predicted molar refractivity (Wildman–Crippen MR) is 80.5 cm³/mol. The molecule has 0 aromatic carbocycles. The summed E-state index contributed by atoms with van der Waals surface area (Å²) in [5, 5.41) is 9.50. The topological polar surface area (TPSA) is 76.1 Å². The maximum Gasteiger partial charge on any atom is 0.313 e. The highest BCUT2D eigenvalue weighted by Crippen LogP contribution is 2.47. The van der Waals surface area contributed by atoms with Gasteiger partial charge in [-0.15, -0.1) is 0 Å². The Balaban J connectivity index is 2.02. The van der Waals surface area contributed by atoms with E-state index in [1.165, 1.54) is 7.11 Å². The third kappa shape index (κ3) is 3.13. The molecular formula is C16H27NO5. The van der Waals surface area contributed by atoms with Gasteiger partial charge in [0.25, 0.3) is 0 Å². The van der Waals surface area contributed by atoms with Gasteiger partial charge in [0.2, 0.25) is 5.91 Å². The first-order chi connectivity index (χ1) is 10.5. The van der Waals surface area contributed by atoms with Crippen molar-refractivity contribution in [1.82, 2.24) is 4.90 Å². The number of carbonyl (C=O) groups is 2. The van der Waals surface area contributed by atoms with Gasteiger partial charge in [-0.05, 0) is 32.6 Å². The third-order valence-corrected chi connectivity index (χ3v) is 5.21. The Bertz CT molecular complexity index is 421. The Kier molecular flexibility index (Phi) is 5.45. The van der Waals surface area contributed by atoms with Crippen molar-refractivity contribution in [1.29, 1.82) is 0 Å². The van der Waals surface area contributed by atoms with Crippen LogP contribution in [0.3, 0.4) is 0 Å². The summed E-state index contributed by atoms with van der Waals surface area (Å²) in [6.07, 6.45) is 4.04. The second-order valence-corrected chi connectivity index (χ2v) is 6.58. The minimum absolute atomic E-state index is 0.109. The molecule has 1 heterocycles. The van der Waals surface area contributed by atoms with Gasteiger partial charge in [0.15, 0.2) is 0 Å². The fraction of sp³-hybridized carbons (Fsp3) is 0.875. The van der Waals surface area contributed by atoms with Crippen molar-refractivity contribution >= 4 is 11.9 Å². The van der Waals surface area contributed by atoms with Gasteiger partial charge < -0.3 is 19.5 Å². The number of methoxy groups -OCH3 is 1. The Morgan fingerprint density at radius 1 is 1.23 bits per heavy atom. The number of hydrogen-bond acceptors (Lipinski definition) is 4. The van der Waals surface area contributed by atoms with E-state index < -0.39 is 11.4 Å². The average molecular weight is 313 g/mol. The van der Waals surface area contributed by atoms with Gasteiger partial charge >= 0.3 is 5.97 Å². The number of carboxylic acid groups (broad SMARTS) is 1. The second-order valence-electron chi connectivity index (χ2n) is 6.58. The molecule has 126 valence electrons. The van der Waals surface area contributed by atoms with Gasteiger partial charge in [0.05, 0.1) is 12.0 Å². The van der Waals surface area contributed by atoms with Crippen LogP contribution in [0.5, 0.6) is 0 Å². The zero-order chi connectivity index (χ0) is 16.2. The van der Waals surface area contributed by atoms with Crippen molar-refractivity contribution in [2.24, 2.45) is 10.8 Å². The summed E-state index contributed by atoms with van der Waals surface area (Å²) in [5.74, 6) is -0.765. The smallest absolute Gasteiger partial charge is 0.313 e. The number of nitrogens with zero attached hydrogens (tertiary/aromatic N) is 1. The van der Waals surface area contributed by atoms with Crippen LogP contribution in [0.2, 0.25) is 0 Å². The third-order valence-electron chi connectivity index (χ3n) is 5.21. The number of amides is 1. The molecule has 1 aliphatic carbocycles. The van der Waals surface area contributed by atoms with Crippen LogP contribution in [0.15, 0.2) is 0 Å². The van der Waals surface area contributed by atoms with Crippen LogP contribution in [-0.4, -0.2) is 61.9 Å². The number of carbonyl (C=O) groups excluding carboxylic acids is 1. The number of ether oxygens (including phenoxy) is 2. The van der Waals surface area contributed by atoms with Crippen molar-refractivity contribution in [3.05, 3.63) is 0 Å². The molecule has 2 aliphatic rings. The van der Waals surface area contributed by atoms with Gasteiger partial charge in [-0.3, -0.25) is 9.59 Å². The van der Waals surface area contributed by atoms with Crippen LogP contribution in [0.1, 0.15) is 39.0 Å². The Morgan fingerprint density at radius 2 is 1.95 bits per heavy atom. The maximum absolute atomic E-state index is 12.9. The van der Waals surface area contributed by atoms with Crippen molar-refractivity contribution in [2.75, 3.05) is 40.0 Å². The van der Waals surface area contributed by atoms with Gasteiger partial charge in [-0.2, -0.15) is 0 Å². The lowest BCUT2D eigenvalue weighted by Gasteiger charge is -2.43. The molecule has 1 N–H and O–H groups in total. The van der Waals surface area contributed by atoms with E-state index >= 15 is 0 Å². The van der Waals surface area contributed by atoms with Crippen LogP contribution in [0, 0.1) is 10.8 Å². The summed E-state index contributed by atoms with van der Waals surface area (Å²) in [4.78, 5) is 26.2. The van der Waals surface area contributed by atoms with Crippen molar-refractivity contribution in [3.63, 3.8) is 0 Å². The molecule has 2 fully saturated rings. The lowest BCUT2D eigenvalue weighted by molar-refractivity contribution is -0.154. The monoisotopic (exact) mass is 313 g/mol. The lowest BCUT2D eigenvalue weighted by atomic mass is 9.66. The van der Waals surface area contributed by atoms with Crippen LogP contribution in [0.25, 0.3) is 0 Å². The molecule has 0 spiro atoms. The molecule has 0 aromatic heterocycles. The van der Waals surface area contributed by atoms with Gasteiger partial charge in [0.1, 0.15) is 5.41 Å². The Labute approximate surface area is 131 Å². The van der Waals surface area contributed by atoms with Crippen LogP contribution >= 0.6 is 0 Å². The van der Waals surface area contributed by atoms with Crippen LogP contribution < -0.4 is 0 Å². The molecule has 1 aliphatic heterocycles. The predicted octanol–water partition coefficient (Wildman–Crippen LogP) is 1.53. The van der Waals surface area contributed by atoms with E-state index in [2.05, 4.69) is 0 Å². The minimum atomic E-state index is -0.949. The Hall–Kier alpha value is -1.14. The highest BCUT2D eigenvalue weighted by molar-refractivity contribution is 5.85. The maximum atomic E-state index is 12.9. The zero-order valence-corrected chi connectivity index (χ0v) is 13.6. The highest BCUT2D eigenvalue weighted by Gasteiger charge is 2.52. The molecule has 1 unspecified atom stereocenters. The molecule has 1 saturated heterocycles. The number of hydrogen-bond donors (Lipinski definition) is 1. The molecule has 1 atom stereocenters. The van der Waals surface area contributed by atoms with Crippen molar-refractivity contribution in [3.8, 4) is 0 Å². The van der Waals surface area contributed by atoms with Crippen molar-refractivity contribution < 1.29 is 24.2 Å². The molecule has 2 rings (SSSR count). The standard InChI is InChI=1S/C16H27NO5/c1-3-22-10-8-15(5-4-6-15)13(18)17-9-7-16(11-17,12-21-2)14(19)20/h3-12H2,1-2H3,(H,19,20). The molecule has 6 nitrogen and oxygen atoms in total. The van der Waals surface area contributed by atoms with Crippen molar-refractivity contribution in [2.45, 2.75) is 39.0 Å². The van der Waals surface area contributed by atoms with Gasteiger partial charge in [0, 0.05) is 33.4 Å². The summed E-state index contributed by atoms with van der Waals surface area (Å²) in [7, 11) is 1.50. The number of carboxylic acids is 1. The SMILES string of the molecule is CCOCCC1(C(=O)N2CCC(COC)(C(=O)O)C2)CCC1. The average Bonchev–Trinajstić information content (AvgIpc) is 2.87. The van der Waals surface area contributed by atoms with E-state index in [4.69, 9.17) is 9.47 Å². The number of rotatable bonds is 8. The molecular weight excluding hydrogens is 286 g/mol. The van der Waals surface area contributed by atoms with Gasteiger partial charge in [-0.25, -0.2) is 0 Å². The van der Waals surface area contributed by atoms with E-state index in [9.17, 15) is 14.7 Å². The van der Waals surface area contributed by atoms with E-state index in [0.717, 1.165) is 25.7 Å². The van der Waals surface area contributed by atoms with E-state index in [0.29, 0.717) is 26.2 Å². The fourth-order valence-corrected chi connectivity index (χ4v) is 3.60. The second kappa shape index (κ2) is 6.96. The van der Waals surface area contributed by atoms with Crippen LogP contribution in [-0.2, 0) is 19.1 Å². The summed E-state index contributed by atoms with van der Waals surface area (Å²) >= 11 is 0. The fourth-order valence-electron chi connectivity index (χ4n) is 3.60. The minimum Gasteiger partial charge on any atom is -0.481 e. The molecule has 0 bridgehead atoms. The van der Waals surface area contributed by atoms with E-state index in [-0.39, 0.29) is 24.5 Å². The quantitative estimate of drug-likeness (QED) is 0.688. The lowest BCUT2D eigenvalue weighted by Crippen LogP contribution is -2.49. The molecule has 1 saturated carbocycles. The van der Waals surface area contributed by atoms with Crippen LogP contribution in [0.4, 0.5) is 0 Å². The molecule has 22 heavy (non-hydrogen) atoms. The molecule has 0 aromatic rings. The summed E-state index contributed by atoms with van der Waals surface area (Å²) in [5.41, 5.74) is -1.27. The first-order valence-electron chi connectivity index (χ1n) is 8.09. The summed E-state index contributed by atoms with van der Waals surface area (Å²) < 4.78 is 10.5. The highest BCUT2D eigenvalue weighted by atomic mass is 16.5. The number of likely N-dealkylation sites (tertiary alicyclic amines) is 1. The van der Waals surface area contributed by atoms with E-state index in [1.54, 1.807) is 4.90 Å². The Morgan fingerprint density at radius 3 is 2.45 bits per heavy atom. The molecule has 1 amide bonds. The normalized spacial score (nSPS) is 26.7. The van der Waals surface area contributed by atoms with E-state index in [1.807, 2.05) is 6.92 Å².